The van der Waals surface area contributed by atoms with E-state index in [2.05, 4.69) is 24.2 Å². The molecule has 0 amide bonds. The molecule has 1 aliphatic carbocycles. The Bertz CT molecular complexity index is 316. The highest BCUT2D eigenvalue weighted by molar-refractivity contribution is 7.99. The maximum atomic E-state index is 6.07. The van der Waals surface area contributed by atoms with E-state index >= 15 is 0 Å². The van der Waals surface area contributed by atoms with Crippen LogP contribution in [0.15, 0.2) is 5.38 Å². The van der Waals surface area contributed by atoms with Crippen molar-refractivity contribution < 1.29 is 0 Å². The van der Waals surface area contributed by atoms with Crippen LogP contribution in [0.25, 0.3) is 0 Å². The van der Waals surface area contributed by atoms with Gasteiger partial charge in [0.15, 0.2) is 0 Å². The van der Waals surface area contributed by atoms with Gasteiger partial charge in [0.1, 0.15) is 5.01 Å². The van der Waals surface area contributed by atoms with Gasteiger partial charge in [-0.3, -0.25) is 0 Å². The molecule has 1 heterocycles. The predicted octanol–water partition coefficient (Wildman–Crippen LogP) is 2.73. The van der Waals surface area contributed by atoms with E-state index < -0.39 is 0 Å². The highest BCUT2D eigenvalue weighted by Crippen LogP contribution is 2.42. The highest BCUT2D eigenvalue weighted by Gasteiger charge is 2.42. The third kappa shape index (κ3) is 2.30. The standard InChI is InChI=1S/C10H16N2S2/c1-7(2)13-6-9-12-8(5-14-9)10(11)3-4-10/h5,7H,3-4,6,11H2,1-2H3. The van der Waals surface area contributed by atoms with Crippen LogP contribution in [0.3, 0.4) is 0 Å². The van der Waals surface area contributed by atoms with Gasteiger partial charge in [-0.2, -0.15) is 11.8 Å². The minimum Gasteiger partial charge on any atom is -0.320 e. The zero-order valence-corrected chi connectivity index (χ0v) is 10.3. The average Bonchev–Trinajstić information content (AvgIpc) is 2.70. The molecular weight excluding hydrogens is 212 g/mol. The molecule has 0 atom stereocenters. The van der Waals surface area contributed by atoms with Gasteiger partial charge in [0.25, 0.3) is 0 Å². The second kappa shape index (κ2) is 3.83. The van der Waals surface area contributed by atoms with Gasteiger partial charge in [-0.1, -0.05) is 13.8 Å². The van der Waals surface area contributed by atoms with Gasteiger partial charge >= 0.3 is 0 Å². The van der Waals surface area contributed by atoms with E-state index in [1.54, 1.807) is 11.3 Å². The van der Waals surface area contributed by atoms with Gasteiger partial charge in [-0.05, 0) is 18.1 Å². The van der Waals surface area contributed by atoms with Crippen molar-refractivity contribution in [2.45, 2.75) is 43.2 Å². The van der Waals surface area contributed by atoms with E-state index in [1.165, 1.54) is 5.01 Å². The topological polar surface area (TPSA) is 38.9 Å². The number of aromatic nitrogens is 1. The first-order valence-electron chi connectivity index (χ1n) is 4.95. The van der Waals surface area contributed by atoms with Crippen LogP contribution in [0.4, 0.5) is 0 Å². The summed E-state index contributed by atoms with van der Waals surface area (Å²) in [5.41, 5.74) is 7.13. The van der Waals surface area contributed by atoms with Crippen molar-refractivity contribution in [3.63, 3.8) is 0 Å². The Labute approximate surface area is 93.3 Å². The molecule has 0 saturated heterocycles. The third-order valence-electron chi connectivity index (χ3n) is 2.39. The van der Waals surface area contributed by atoms with Crippen molar-refractivity contribution in [3.05, 3.63) is 16.1 Å². The minimum atomic E-state index is -0.0583. The number of rotatable bonds is 4. The molecular formula is C10H16N2S2. The fourth-order valence-corrected chi connectivity index (χ4v) is 2.94. The summed E-state index contributed by atoms with van der Waals surface area (Å²) in [6, 6.07) is 0. The van der Waals surface area contributed by atoms with Crippen LogP contribution in [0.5, 0.6) is 0 Å². The van der Waals surface area contributed by atoms with E-state index in [-0.39, 0.29) is 5.54 Å². The SMILES string of the molecule is CC(C)SCc1nc(C2(N)CC2)cs1. The number of hydrogen-bond donors (Lipinski definition) is 1. The van der Waals surface area contributed by atoms with E-state index in [0.29, 0.717) is 5.25 Å². The second-order valence-corrected chi connectivity index (χ2v) is 6.65. The van der Waals surface area contributed by atoms with Crippen molar-refractivity contribution >= 4 is 23.1 Å². The maximum Gasteiger partial charge on any atom is 0.103 e. The lowest BCUT2D eigenvalue weighted by Crippen LogP contribution is -2.18. The highest BCUT2D eigenvalue weighted by atomic mass is 32.2. The number of nitrogens with zero attached hydrogens (tertiary/aromatic N) is 1. The van der Waals surface area contributed by atoms with Crippen LogP contribution in [0.2, 0.25) is 0 Å². The van der Waals surface area contributed by atoms with Crippen molar-refractivity contribution in [1.82, 2.24) is 4.98 Å². The van der Waals surface area contributed by atoms with Crippen LogP contribution in [0.1, 0.15) is 37.4 Å². The zero-order chi connectivity index (χ0) is 10.2. The number of thiazole rings is 1. The van der Waals surface area contributed by atoms with Gasteiger partial charge in [0.2, 0.25) is 0 Å². The molecule has 1 aromatic rings. The van der Waals surface area contributed by atoms with Gasteiger partial charge in [0, 0.05) is 11.1 Å². The molecule has 2 rings (SSSR count). The molecule has 1 saturated carbocycles. The first kappa shape index (κ1) is 10.5. The summed E-state index contributed by atoms with van der Waals surface area (Å²) in [6.07, 6.45) is 2.21. The summed E-state index contributed by atoms with van der Waals surface area (Å²) in [6.45, 7) is 4.43. The Morgan fingerprint density at radius 2 is 2.36 bits per heavy atom. The minimum absolute atomic E-state index is 0.0583. The summed E-state index contributed by atoms with van der Waals surface area (Å²) in [5.74, 6) is 1.03. The molecule has 1 aromatic heterocycles. The zero-order valence-electron chi connectivity index (χ0n) is 8.62. The first-order valence-corrected chi connectivity index (χ1v) is 6.88. The lowest BCUT2D eigenvalue weighted by molar-refractivity contribution is 0.712. The molecule has 1 fully saturated rings. The summed E-state index contributed by atoms with van der Waals surface area (Å²) >= 11 is 3.68. The van der Waals surface area contributed by atoms with Gasteiger partial charge in [0.05, 0.1) is 11.2 Å². The van der Waals surface area contributed by atoms with Crippen LogP contribution in [-0.4, -0.2) is 10.2 Å². The Morgan fingerprint density at radius 3 is 2.93 bits per heavy atom. The molecule has 0 spiro atoms. The molecule has 14 heavy (non-hydrogen) atoms. The Morgan fingerprint density at radius 1 is 1.64 bits per heavy atom. The Hall–Kier alpha value is -0.0600. The summed E-state index contributed by atoms with van der Waals surface area (Å²) in [4.78, 5) is 4.59. The third-order valence-corrected chi connectivity index (χ3v) is 4.53. The molecule has 0 unspecified atom stereocenters. The van der Waals surface area contributed by atoms with Crippen LogP contribution < -0.4 is 5.73 Å². The number of nitrogens with two attached hydrogens (primary N) is 1. The molecule has 0 radical (unpaired) electrons. The fraction of sp³-hybridized carbons (Fsp3) is 0.700. The monoisotopic (exact) mass is 228 g/mol. The first-order chi connectivity index (χ1) is 6.60. The Kier molecular flexibility index (Phi) is 2.86. The smallest absolute Gasteiger partial charge is 0.103 e. The van der Waals surface area contributed by atoms with Gasteiger partial charge in [-0.15, -0.1) is 11.3 Å². The molecule has 78 valence electrons. The van der Waals surface area contributed by atoms with E-state index in [9.17, 15) is 0 Å². The van der Waals surface area contributed by atoms with Crippen LogP contribution in [0, 0.1) is 0 Å². The van der Waals surface area contributed by atoms with E-state index in [0.717, 1.165) is 24.3 Å². The van der Waals surface area contributed by atoms with Crippen molar-refractivity contribution in [2.75, 3.05) is 0 Å². The molecule has 0 bridgehead atoms. The summed E-state index contributed by atoms with van der Waals surface area (Å²) < 4.78 is 0. The number of hydrogen-bond acceptors (Lipinski definition) is 4. The molecule has 4 heteroatoms. The lowest BCUT2D eigenvalue weighted by atomic mass is 10.2. The molecule has 0 aliphatic heterocycles. The summed E-state index contributed by atoms with van der Waals surface area (Å²) in [5, 5.41) is 4.02. The van der Waals surface area contributed by atoms with Crippen molar-refractivity contribution in [1.29, 1.82) is 0 Å². The predicted molar refractivity (Wildman–Crippen MR) is 63.6 cm³/mol. The molecule has 1 aliphatic rings. The van der Waals surface area contributed by atoms with Crippen molar-refractivity contribution in [3.8, 4) is 0 Å². The quantitative estimate of drug-likeness (QED) is 0.861. The van der Waals surface area contributed by atoms with E-state index in [1.807, 2.05) is 11.8 Å². The van der Waals surface area contributed by atoms with Crippen molar-refractivity contribution in [2.24, 2.45) is 5.73 Å². The second-order valence-electron chi connectivity index (χ2n) is 4.14. The van der Waals surface area contributed by atoms with E-state index in [4.69, 9.17) is 5.73 Å². The normalized spacial score (nSPS) is 18.9. The van der Waals surface area contributed by atoms with Gasteiger partial charge < -0.3 is 5.73 Å². The maximum absolute atomic E-state index is 6.07. The van der Waals surface area contributed by atoms with Crippen LogP contribution >= 0.6 is 23.1 Å². The Balaban J connectivity index is 1.96. The molecule has 0 aromatic carbocycles. The lowest BCUT2D eigenvalue weighted by Gasteiger charge is -2.03. The number of thioether (sulfide) groups is 1. The van der Waals surface area contributed by atoms with Gasteiger partial charge in [-0.25, -0.2) is 4.98 Å². The van der Waals surface area contributed by atoms with Crippen LogP contribution in [-0.2, 0) is 11.3 Å². The molecule has 2 nitrogen and oxygen atoms in total. The largest absolute Gasteiger partial charge is 0.320 e. The molecule has 2 N–H and O–H groups in total. The summed E-state index contributed by atoms with van der Waals surface area (Å²) in [7, 11) is 0. The average molecular weight is 228 g/mol. The fourth-order valence-electron chi connectivity index (χ4n) is 1.23.